The summed E-state index contributed by atoms with van der Waals surface area (Å²) in [5.41, 5.74) is 1.11. The summed E-state index contributed by atoms with van der Waals surface area (Å²) in [5.74, 6) is -1.37. The van der Waals surface area contributed by atoms with Gasteiger partial charge < -0.3 is 10.4 Å². The molecule has 2 aromatic carbocycles. The molecule has 110 valence electrons. The smallest absolute Gasteiger partial charge is 0.227 e. The molecule has 21 heavy (non-hydrogen) atoms. The highest BCUT2D eigenvalue weighted by Crippen LogP contribution is 2.19. The van der Waals surface area contributed by atoms with Crippen LogP contribution in [0, 0.1) is 18.6 Å². The molecule has 0 aliphatic rings. The summed E-state index contributed by atoms with van der Waals surface area (Å²) in [7, 11) is 0. The number of benzene rings is 2. The summed E-state index contributed by atoms with van der Waals surface area (Å²) in [6, 6.07) is 9.75. The minimum absolute atomic E-state index is 0.237. The van der Waals surface area contributed by atoms with Gasteiger partial charge in [0.15, 0.2) is 0 Å². The first-order valence-electron chi connectivity index (χ1n) is 6.45. The summed E-state index contributed by atoms with van der Waals surface area (Å²) >= 11 is 0. The van der Waals surface area contributed by atoms with Gasteiger partial charge in [0.25, 0.3) is 0 Å². The van der Waals surface area contributed by atoms with Crippen LogP contribution >= 0.6 is 0 Å². The minimum Gasteiger partial charge on any atom is -0.388 e. The van der Waals surface area contributed by atoms with Crippen molar-refractivity contribution in [2.45, 2.75) is 19.4 Å². The van der Waals surface area contributed by atoms with Crippen LogP contribution in [0.3, 0.4) is 0 Å². The maximum absolute atomic E-state index is 13.4. The number of aryl methyl sites for hydroxylation is 1. The molecule has 2 N–H and O–H groups in total. The molecule has 5 heteroatoms. The van der Waals surface area contributed by atoms with E-state index in [0.717, 1.165) is 0 Å². The largest absolute Gasteiger partial charge is 0.388 e. The number of halogens is 2. The number of nitrogens with one attached hydrogen (secondary N) is 1. The molecule has 1 amide bonds. The molecular weight excluding hydrogens is 276 g/mol. The first-order chi connectivity index (χ1) is 9.95. The van der Waals surface area contributed by atoms with Crippen LogP contribution in [0.25, 0.3) is 0 Å². The highest BCUT2D eigenvalue weighted by Gasteiger charge is 2.14. The van der Waals surface area contributed by atoms with Gasteiger partial charge in [-0.2, -0.15) is 0 Å². The fraction of sp³-hybridized carbons (Fsp3) is 0.188. The Morgan fingerprint density at radius 1 is 1.24 bits per heavy atom. The molecule has 0 aliphatic heterocycles. The van der Waals surface area contributed by atoms with Crippen LogP contribution in [-0.4, -0.2) is 11.0 Å². The molecular formula is C16H15F2NO2. The summed E-state index contributed by atoms with van der Waals surface area (Å²) in [5, 5.41) is 12.4. The third kappa shape index (κ3) is 4.10. The van der Waals surface area contributed by atoms with E-state index in [0.29, 0.717) is 16.8 Å². The Bertz CT molecular complexity index is 658. The van der Waals surface area contributed by atoms with Crippen LogP contribution in [0.4, 0.5) is 14.5 Å². The Balaban J connectivity index is 1.99. The number of rotatable bonds is 4. The first-order valence-corrected chi connectivity index (χ1v) is 6.45. The highest BCUT2D eigenvalue weighted by atomic mass is 19.1. The van der Waals surface area contributed by atoms with Gasteiger partial charge in [0, 0.05) is 5.69 Å². The molecule has 0 heterocycles. The molecule has 0 spiro atoms. The van der Waals surface area contributed by atoms with E-state index in [1.54, 1.807) is 19.1 Å². The molecule has 0 radical (unpaired) electrons. The van der Waals surface area contributed by atoms with Gasteiger partial charge in [0.2, 0.25) is 5.91 Å². The predicted octanol–water partition coefficient (Wildman–Crippen LogP) is 3.34. The van der Waals surface area contributed by atoms with Gasteiger partial charge in [-0.3, -0.25) is 4.79 Å². The van der Waals surface area contributed by atoms with Gasteiger partial charge in [0.1, 0.15) is 11.6 Å². The summed E-state index contributed by atoms with van der Waals surface area (Å²) in [6.07, 6.45) is -1.35. The van der Waals surface area contributed by atoms with Gasteiger partial charge in [-0.1, -0.05) is 18.2 Å². The maximum Gasteiger partial charge on any atom is 0.227 e. The lowest BCUT2D eigenvalue weighted by Gasteiger charge is -2.11. The normalized spacial score (nSPS) is 12.0. The van der Waals surface area contributed by atoms with Crippen molar-refractivity contribution in [1.29, 1.82) is 0 Å². The summed E-state index contributed by atoms with van der Waals surface area (Å²) in [6.45, 7) is 1.62. The van der Waals surface area contributed by atoms with E-state index in [2.05, 4.69) is 5.32 Å². The van der Waals surface area contributed by atoms with Gasteiger partial charge in [-0.05, 0) is 42.3 Å². The molecule has 3 nitrogen and oxygen atoms in total. The topological polar surface area (TPSA) is 49.3 Å². The van der Waals surface area contributed by atoms with Gasteiger partial charge in [0.05, 0.1) is 12.5 Å². The number of anilines is 1. The lowest BCUT2D eigenvalue weighted by Crippen LogP contribution is -2.15. The second kappa shape index (κ2) is 6.45. The van der Waals surface area contributed by atoms with Crippen molar-refractivity contribution >= 4 is 11.6 Å². The number of amides is 1. The summed E-state index contributed by atoms with van der Waals surface area (Å²) in [4.78, 5) is 11.8. The van der Waals surface area contributed by atoms with Crippen molar-refractivity contribution in [3.63, 3.8) is 0 Å². The number of aliphatic hydroxyl groups is 1. The zero-order valence-corrected chi connectivity index (χ0v) is 11.4. The average molecular weight is 291 g/mol. The molecule has 1 unspecified atom stereocenters. The lowest BCUT2D eigenvalue weighted by atomic mass is 10.1. The van der Waals surface area contributed by atoms with Crippen molar-refractivity contribution in [2.75, 3.05) is 5.32 Å². The average Bonchev–Trinajstić information content (AvgIpc) is 2.43. The van der Waals surface area contributed by atoms with Crippen LogP contribution in [0.2, 0.25) is 0 Å². The monoisotopic (exact) mass is 291 g/mol. The van der Waals surface area contributed by atoms with E-state index in [9.17, 15) is 18.7 Å². The van der Waals surface area contributed by atoms with Crippen LogP contribution in [0.5, 0.6) is 0 Å². The Kier molecular flexibility index (Phi) is 4.65. The zero-order chi connectivity index (χ0) is 15.4. The quantitative estimate of drug-likeness (QED) is 0.907. The number of carbonyl (C=O) groups excluding carboxylic acids is 1. The molecule has 0 aliphatic carbocycles. The maximum atomic E-state index is 13.4. The fourth-order valence-corrected chi connectivity index (χ4v) is 1.89. The highest BCUT2D eigenvalue weighted by molar-refractivity contribution is 5.91. The summed E-state index contributed by atoms with van der Waals surface area (Å²) < 4.78 is 26.4. The SMILES string of the molecule is Cc1ccc(NC(=O)CC(O)c2cccc(F)c2)cc1F. The molecule has 1 atom stereocenters. The standard InChI is InChI=1S/C16H15F2NO2/c1-10-5-6-13(8-14(10)18)19-16(21)9-15(20)11-3-2-4-12(17)7-11/h2-8,15,20H,9H2,1H3,(H,19,21). The molecule has 0 saturated carbocycles. The van der Waals surface area contributed by atoms with E-state index < -0.39 is 23.6 Å². The molecule has 0 aromatic heterocycles. The van der Waals surface area contributed by atoms with Crippen LogP contribution in [0.15, 0.2) is 42.5 Å². The van der Waals surface area contributed by atoms with Crippen LogP contribution in [0.1, 0.15) is 23.7 Å². The molecule has 2 rings (SSSR count). The number of hydrogen-bond acceptors (Lipinski definition) is 2. The Morgan fingerprint density at radius 2 is 2.00 bits per heavy atom. The minimum atomic E-state index is -1.11. The van der Waals surface area contributed by atoms with Crippen molar-refractivity contribution < 1.29 is 18.7 Å². The third-order valence-corrected chi connectivity index (χ3v) is 3.07. The van der Waals surface area contributed by atoms with Gasteiger partial charge >= 0.3 is 0 Å². The van der Waals surface area contributed by atoms with Gasteiger partial charge in [-0.25, -0.2) is 8.78 Å². The first kappa shape index (κ1) is 15.1. The molecule has 0 saturated heterocycles. The number of carbonyl (C=O) groups is 1. The van der Waals surface area contributed by atoms with Crippen molar-refractivity contribution in [3.05, 3.63) is 65.2 Å². The fourth-order valence-electron chi connectivity index (χ4n) is 1.89. The third-order valence-electron chi connectivity index (χ3n) is 3.07. The second-order valence-electron chi connectivity index (χ2n) is 4.79. The second-order valence-corrected chi connectivity index (χ2v) is 4.79. The van der Waals surface area contributed by atoms with Gasteiger partial charge in [-0.15, -0.1) is 0 Å². The Labute approximate surface area is 121 Å². The van der Waals surface area contributed by atoms with Crippen molar-refractivity contribution in [3.8, 4) is 0 Å². The number of hydrogen-bond donors (Lipinski definition) is 2. The van der Waals surface area contributed by atoms with E-state index in [-0.39, 0.29) is 6.42 Å². The lowest BCUT2D eigenvalue weighted by molar-refractivity contribution is -0.118. The Morgan fingerprint density at radius 3 is 2.67 bits per heavy atom. The number of aliphatic hydroxyl groups excluding tert-OH is 1. The molecule has 2 aromatic rings. The zero-order valence-electron chi connectivity index (χ0n) is 11.4. The van der Waals surface area contributed by atoms with Crippen LogP contribution < -0.4 is 5.32 Å². The molecule has 0 fully saturated rings. The molecule has 0 bridgehead atoms. The van der Waals surface area contributed by atoms with E-state index >= 15 is 0 Å². The van der Waals surface area contributed by atoms with Crippen molar-refractivity contribution in [2.24, 2.45) is 0 Å². The van der Waals surface area contributed by atoms with E-state index in [1.165, 1.54) is 30.3 Å². The van der Waals surface area contributed by atoms with Crippen molar-refractivity contribution in [1.82, 2.24) is 0 Å². The Hall–Kier alpha value is -2.27. The van der Waals surface area contributed by atoms with E-state index in [4.69, 9.17) is 0 Å². The predicted molar refractivity (Wildman–Crippen MR) is 75.7 cm³/mol. The van der Waals surface area contributed by atoms with Crippen LogP contribution in [-0.2, 0) is 4.79 Å². The van der Waals surface area contributed by atoms with E-state index in [1.807, 2.05) is 0 Å².